The minimum absolute atomic E-state index is 0.0755. The van der Waals surface area contributed by atoms with E-state index in [1.807, 2.05) is 0 Å². The van der Waals surface area contributed by atoms with Gasteiger partial charge in [0, 0.05) is 19.2 Å². The molecule has 1 aromatic carbocycles. The maximum absolute atomic E-state index is 12.1. The van der Waals surface area contributed by atoms with Crippen LogP contribution in [-0.4, -0.2) is 37.6 Å². The van der Waals surface area contributed by atoms with E-state index in [0.29, 0.717) is 29.2 Å². The van der Waals surface area contributed by atoms with E-state index in [2.05, 4.69) is 10.6 Å². The number of halogens is 1. The molecule has 114 valence electrons. The predicted molar refractivity (Wildman–Crippen MR) is 80.4 cm³/mol. The van der Waals surface area contributed by atoms with Crippen LogP contribution < -0.4 is 16.4 Å². The molecule has 2 unspecified atom stereocenters. The third kappa shape index (κ3) is 3.72. The molecular weight excluding hydrogens is 294 g/mol. The van der Waals surface area contributed by atoms with Crippen LogP contribution in [0.3, 0.4) is 0 Å². The Morgan fingerprint density at radius 2 is 2.19 bits per heavy atom. The van der Waals surface area contributed by atoms with E-state index in [4.69, 9.17) is 22.1 Å². The van der Waals surface area contributed by atoms with Gasteiger partial charge in [-0.1, -0.05) is 11.6 Å². The number of carbonyl (C=O) groups is 2. The molecule has 1 aliphatic heterocycles. The second-order valence-corrected chi connectivity index (χ2v) is 5.23. The van der Waals surface area contributed by atoms with E-state index in [1.54, 1.807) is 12.1 Å². The summed E-state index contributed by atoms with van der Waals surface area (Å²) in [5, 5.41) is 5.58. The summed E-state index contributed by atoms with van der Waals surface area (Å²) in [6, 6.07) is 4.70. The van der Waals surface area contributed by atoms with E-state index < -0.39 is 6.10 Å². The summed E-state index contributed by atoms with van der Waals surface area (Å²) >= 11 is 6.04. The largest absolute Gasteiger partial charge is 0.364 e. The molecule has 6 nitrogen and oxygen atoms in total. The molecule has 2 atom stereocenters. The average molecular weight is 312 g/mol. The molecular formula is C14H18ClN3O3. The molecule has 1 fully saturated rings. The fourth-order valence-electron chi connectivity index (χ4n) is 2.19. The highest BCUT2D eigenvalue weighted by Crippen LogP contribution is 2.25. The van der Waals surface area contributed by atoms with Gasteiger partial charge in [0.05, 0.1) is 16.8 Å². The van der Waals surface area contributed by atoms with Gasteiger partial charge in [0.15, 0.2) is 0 Å². The lowest BCUT2D eigenvalue weighted by molar-refractivity contribution is -0.126. The SMILES string of the molecule is CNC(=O)c1ccc(Cl)c(NC(=O)C2CCC(CN)O2)c1. The van der Waals surface area contributed by atoms with E-state index in [9.17, 15) is 9.59 Å². The standard InChI is InChI=1S/C14H18ClN3O3/c1-17-13(19)8-2-4-10(15)11(6-8)18-14(20)12-5-3-9(7-16)21-12/h2,4,6,9,12H,3,5,7,16H2,1H3,(H,17,19)(H,18,20). The molecule has 4 N–H and O–H groups in total. The highest BCUT2D eigenvalue weighted by atomic mass is 35.5. The number of carbonyl (C=O) groups excluding carboxylic acids is 2. The second-order valence-electron chi connectivity index (χ2n) is 4.82. The number of hydrogen-bond acceptors (Lipinski definition) is 4. The predicted octanol–water partition coefficient (Wildman–Crippen LogP) is 1.14. The van der Waals surface area contributed by atoms with Crippen molar-refractivity contribution >= 4 is 29.1 Å². The number of amides is 2. The van der Waals surface area contributed by atoms with Crippen molar-refractivity contribution in [1.29, 1.82) is 0 Å². The first kappa shape index (κ1) is 15.8. The molecule has 1 aliphatic rings. The van der Waals surface area contributed by atoms with E-state index in [1.165, 1.54) is 13.1 Å². The summed E-state index contributed by atoms with van der Waals surface area (Å²) in [6.07, 6.45) is 0.785. The summed E-state index contributed by atoms with van der Waals surface area (Å²) in [5.41, 5.74) is 6.33. The molecule has 0 bridgehead atoms. The summed E-state index contributed by atoms with van der Waals surface area (Å²) in [7, 11) is 1.54. The highest BCUT2D eigenvalue weighted by Gasteiger charge is 2.30. The maximum atomic E-state index is 12.1. The Labute approximate surface area is 128 Å². The van der Waals surface area contributed by atoms with Gasteiger partial charge in [0.25, 0.3) is 11.8 Å². The number of ether oxygens (including phenoxy) is 1. The Hall–Kier alpha value is -1.63. The summed E-state index contributed by atoms with van der Waals surface area (Å²) in [4.78, 5) is 23.7. The molecule has 0 spiro atoms. The first-order valence-corrected chi connectivity index (χ1v) is 7.11. The molecule has 1 heterocycles. The van der Waals surface area contributed by atoms with Gasteiger partial charge in [-0.05, 0) is 31.0 Å². The van der Waals surface area contributed by atoms with Gasteiger partial charge < -0.3 is 21.1 Å². The Kier molecular flexibility index (Phi) is 5.17. The fourth-order valence-corrected chi connectivity index (χ4v) is 2.36. The van der Waals surface area contributed by atoms with Crippen molar-refractivity contribution in [3.8, 4) is 0 Å². The Morgan fingerprint density at radius 3 is 2.81 bits per heavy atom. The van der Waals surface area contributed by atoms with E-state index in [0.717, 1.165) is 6.42 Å². The average Bonchev–Trinajstić information content (AvgIpc) is 2.97. The van der Waals surface area contributed by atoms with Crippen molar-refractivity contribution in [3.05, 3.63) is 28.8 Å². The van der Waals surface area contributed by atoms with Crippen molar-refractivity contribution < 1.29 is 14.3 Å². The van der Waals surface area contributed by atoms with Crippen molar-refractivity contribution in [3.63, 3.8) is 0 Å². The lowest BCUT2D eigenvalue weighted by atomic mass is 10.1. The zero-order valence-electron chi connectivity index (χ0n) is 11.7. The first-order chi connectivity index (χ1) is 10.0. The lowest BCUT2D eigenvalue weighted by Crippen LogP contribution is -2.30. The molecule has 1 saturated heterocycles. The minimum atomic E-state index is -0.529. The third-order valence-electron chi connectivity index (χ3n) is 3.38. The third-order valence-corrected chi connectivity index (χ3v) is 3.71. The molecule has 21 heavy (non-hydrogen) atoms. The number of rotatable bonds is 4. The normalized spacial score (nSPS) is 21.1. The van der Waals surface area contributed by atoms with Crippen LogP contribution in [0.5, 0.6) is 0 Å². The molecule has 0 aromatic heterocycles. The van der Waals surface area contributed by atoms with Gasteiger partial charge in [-0.3, -0.25) is 9.59 Å². The van der Waals surface area contributed by atoms with Crippen molar-refractivity contribution in [2.75, 3.05) is 18.9 Å². The topological polar surface area (TPSA) is 93.5 Å². The quantitative estimate of drug-likeness (QED) is 0.777. The van der Waals surface area contributed by atoms with Crippen LogP contribution in [0.2, 0.25) is 5.02 Å². The number of nitrogens with two attached hydrogens (primary N) is 1. The molecule has 2 rings (SSSR count). The van der Waals surface area contributed by atoms with E-state index in [-0.39, 0.29) is 17.9 Å². The number of hydrogen-bond donors (Lipinski definition) is 3. The smallest absolute Gasteiger partial charge is 0.253 e. The molecule has 0 radical (unpaired) electrons. The van der Waals surface area contributed by atoms with E-state index >= 15 is 0 Å². The molecule has 2 amide bonds. The zero-order valence-corrected chi connectivity index (χ0v) is 12.4. The first-order valence-electron chi connectivity index (χ1n) is 6.73. The molecule has 1 aromatic rings. The van der Waals surface area contributed by atoms with Crippen LogP contribution in [0.15, 0.2) is 18.2 Å². The zero-order chi connectivity index (χ0) is 15.4. The summed E-state index contributed by atoms with van der Waals surface area (Å²) in [5.74, 6) is -0.524. The summed E-state index contributed by atoms with van der Waals surface area (Å²) in [6.45, 7) is 0.399. The van der Waals surface area contributed by atoms with Crippen LogP contribution in [0, 0.1) is 0 Å². The van der Waals surface area contributed by atoms with Crippen LogP contribution in [0.4, 0.5) is 5.69 Å². The van der Waals surface area contributed by atoms with Crippen molar-refractivity contribution in [2.24, 2.45) is 5.73 Å². The Bertz CT molecular complexity index is 550. The van der Waals surface area contributed by atoms with Gasteiger partial charge in [0.2, 0.25) is 0 Å². The van der Waals surface area contributed by atoms with Gasteiger partial charge in [0.1, 0.15) is 6.10 Å². The second kappa shape index (κ2) is 6.89. The molecule has 0 saturated carbocycles. The highest BCUT2D eigenvalue weighted by molar-refractivity contribution is 6.34. The van der Waals surface area contributed by atoms with Crippen LogP contribution in [0.1, 0.15) is 23.2 Å². The molecule has 0 aliphatic carbocycles. The number of nitrogens with one attached hydrogen (secondary N) is 2. The summed E-state index contributed by atoms with van der Waals surface area (Å²) < 4.78 is 5.52. The van der Waals surface area contributed by atoms with Gasteiger partial charge in [-0.25, -0.2) is 0 Å². The number of anilines is 1. The van der Waals surface area contributed by atoms with Crippen molar-refractivity contribution in [2.45, 2.75) is 25.0 Å². The Balaban J connectivity index is 2.08. The molecule has 7 heteroatoms. The van der Waals surface area contributed by atoms with Gasteiger partial charge in [-0.2, -0.15) is 0 Å². The van der Waals surface area contributed by atoms with Gasteiger partial charge in [-0.15, -0.1) is 0 Å². The minimum Gasteiger partial charge on any atom is -0.364 e. The van der Waals surface area contributed by atoms with Crippen LogP contribution in [-0.2, 0) is 9.53 Å². The fraction of sp³-hybridized carbons (Fsp3) is 0.429. The van der Waals surface area contributed by atoms with Gasteiger partial charge >= 0.3 is 0 Å². The monoisotopic (exact) mass is 311 g/mol. The number of benzene rings is 1. The van der Waals surface area contributed by atoms with Crippen LogP contribution in [0.25, 0.3) is 0 Å². The Morgan fingerprint density at radius 1 is 1.43 bits per heavy atom. The van der Waals surface area contributed by atoms with Crippen LogP contribution >= 0.6 is 11.6 Å². The van der Waals surface area contributed by atoms with Crippen molar-refractivity contribution in [1.82, 2.24) is 5.32 Å². The maximum Gasteiger partial charge on any atom is 0.253 e. The lowest BCUT2D eigenvalue weighted by Gasteiger charge is -2.14.